The summed E-state index contributed by atoms with van der Waals surface area (Å²) in [5.74, 6) is -0.213. The first-order valence-corrected chi connectivity index (χ1v) is 9.61. The van der Waals surface area contributed by atoms with Gasteiger partial charge < -0.3 is 4.90 Å². The summed E-state index contributed by atoms with van der Waals surface area (Å²) in [5, 5.41) is -0.216. The van der Waals surface area contributed by atoms with Crippen molar-refractivity contribution in [3.63, 3.8) is 0 Å². The molecule has 1 aliphatic heterocycles. The number of alkyl halides is 3. The molecule has 5 nitrogen and oxygen atoms in total. The van der Waals surface area contributed by atoms with Gasteiger partial charge in [0.25, 0.3) is 0 Å². The molecular formula is C15H18ClF3N2O3S. The minimum absolute atomic E-state index is 0.103. The molecule has 25 heavy (non-hydrogen) atoms. The van der Waals surface area contributed by atoms with E-state index in [0.717, 1.165) is 31.4 Å². The van der Waals surface area contributed by atoms with Gasteiger partial charge in [0, 0.05) is 31.1 Å². The van der Waals surface area contributed by atoms with Gasteiger partial charge in [-0.15, -0.1) is 0 Å². The molecule has 1 amide bonds. The number of hydrogen-bond acceptors (Lipinski definition) is 3. The zero-order valence-corrected chi connectivity index (χ0v) is 14.8. The first kappa shape index (κ1) is 20.0. The minimum atomic E-state index is -4.86. The van der Waals surface area contributed by atoms with Crippen LogP contribution in [0.3, 0.4) is 0 Å². The van der Waals surface area contributed by atoms with Gasteiger partial charge >= 0.3 is 6.18 Å². The first-order valence-electron chi connectivity index (χ1n) is 7.75. The van der Waals surface area contributed by atoms with Crippen molar-refractivity contribution in [3.05, 3.63) is 28.8 Å². The fourth-order valence-corrected chi connectivity index (χ4v) is 4.04. The van der Waals surface area contributed by atoms with Crippen LogP contribution in [0.4, 0.5) is 13.2 Å². The Morgan fingerprint density at radius 1 is 1.20 bits per heavy atom. The van der Waals surface area contributed by atoms with E-state index in [1.807, 2.05) is 0 Å². The van der Waals surface area contributed by atoms with Crippen molar-refractivity contribution >= 4 is 27.5 Å². The zero-order chi connectivity index (χ0) is 18.7. The Morgan fingerprint density at radius 2 is 1.84 bits per heavy atom. The quantitative estimate of drug-likeness (QED) is 0.829. The number of amides is 1. The molecule has 0 saturated carbocycles. The molecular weight excluding hydrogens is 381 g/mol. The molecule has 10 heteroatoms. The maximum absolute atomic E-state index is 13.0. The Hall–Kier alpha value is -1.32. The number of hydrogen-bond donors (Lipinski definition) is 1. The monoisotopic (exact) mass is 398 g/mol. The summed E-state index contributed by atoms with van der Waals surface area (Å²) in [6.45, 7) is 0.986. The number of nitrogens with one attached hydrogen (secondary N) is 1. The van der Waals surface area contributed by atoms with E-state index >= 15 is 0 Å². The standard InChI is InChI=1S/C15H18ClF3N2O3S/c16-11-4-5-13(12(10-11)15(17,18)19)25(23,24)20-7-6-14(22)21-8-2-1-3-9-21/h4-5,10,20H,1-3,6-9H2. The van der Waals surface area contributed by atoms with E-state index in [4.69, 9.17) is 11.6 Å². The summed E-state index contributed by atoms with van der Waals surface area (Å²) in [5.41, 5.74) is -1.34. The predicted octanol–water partition coefficient (Wildman–Crippen LogP) is 3.04. The van der Waals surface area contributed by atoms with Crippen LogP contribution in [0, 0.1) is 0 Å². The summed E-state index contributed by atoms with van der Waals surface area (Å²) in [6.07, 6.45) is -2.12. The van der Waals surface area contributed by atoms with Gasteiger partial charge in [0.15, 0.2) is 0 Å². The van der Waals surface area contributed by atoms with Crippen LogP contribution in [-0.4, -0.2) is 38.9 Å². The van der Waals surface area contributed by atoms with Gasteiger partial charge in [0.05, 0.1) is 10.5 Å². The highest BCUT2D eigenvalue weighted by atomic mass is 35.5. The van der Waals surface area contributed by atoms with Crippen molar-refractivity contribution < 1.29 is 26.4 Å². The summed E-state index contributed by atoms with van der Waals surface area (Å²) < 4.78 is 65.6. The van der Waals surface area contributed by atoms with Gasteiger partial charge in [0.1, 0.15) is 0 Å². The van der Waals surface area contributed by atoms with Crippen LogP contribution >= 0.6 is 11.6 Å². The number of piperidine rings is 1. The van der Waals surface area contributed by atoms with Crippen molar-refractivity contribution in [2.75, 3.05) is 19.6 Å². The Kier molecular flexibility index (Phi) is 6.34. The Labute approximate surface area is 149 Å². The van der Waals surface area contributed by atoms with E-state index in [0.29, 0.717) is 19.2 Å². The van der Waals surface area contributed by atoms with Crippen molar-refractivity contribution in [2.24, 2.45) is 0 Å². The summed E-state index contributed by atoms with van der Waals surface area (Å²) in [4.78, 5) is 12.7. The number of sulfonamides is 1. The number of halogens is 4. The highest BCUT2D eigenvalue weighted by molar-refractivity contribution is 7.89. The van der Waals surface area contributed by atoms with E-state index < -0.39 is 26.7 Å². The van der Waals surface area contributed by atoms with Crippen molar-refractivity contribution in [1.82, 2.24) is 9.62 Å². The van der Waals surface area contributed by atoms with Crippen LogP contribution in [-0.2, 0) is 21.0 Å². The lowest BCUT2D eigenvalue weighted by molar-refractivity contribution is -0.140. The van der Waals surface area contributed by atoms with Gasteiger partial charge in [0.2, 0.25) is 15.9 Å². The smallest absolute Gasteiger partial charge is 0.343 e. The lowest BCUT2D eigenvalue weighted by atomic mass is 10.1. The summed E-state index contributed by atoms with van der Waals surface area (Å²) in [7, 11) is -4.42. The lowest BCUT2D eigenvalue weighted by Crippen LogP contribution is -2.38. The van der Waals surface area contributed by atoms with E-state index in [-0.39, 0.29) is 23.9 Å². The third-order valence-corrected chi connectivity index (χ3v) is 5.63. The molecule has 0 aliphatic carbocycles. The van der Waals surface area contributed by atoms with E-state index in [1.54, 1.807) is 4.90 Å². The fraction of sp³-hybridized carbons (Fsp3) is 0.533. The Balaban J connectivity index is 2.06. The molecule has 1 aliphatic rings. The molecule has 1 aromatic rings. The molecule has 0 radical (unpaired) electrons. The van der Waals surface area contributed by atoms with Crippen molar-refractivity contribution in [2.45, 2.75) is 36.8 Å². The molecule has 0 unspecified atom stereocenters. The lowest BCUT2D eigenvalue weighted by Gasteiger charge is -2.26. The Morgan fingerprint density at radius 3 is 2.44 bits per heavy atom. The molecule has 1 fully saturated rings. The average Bonchev–Trinajstić information content (AvgIpc) is 2.54. The van der Waals surface area contributed by atoms with Gasteiger partial charge in [-0.25, -0.2) is 13.1 Å². The van der Waals surface area contributed by atoms with Crippen LogP contribution in [0.2, 0.25) is 5.02 Å². The number of likely N-dealkylation sites (tertiary alicyclic amines) is 1. The highest BCUT2D eigenvalue weighted by Gasteiger charge is 2.37. The van der Waals surface area contributed by atoms with Crippen LogP contribution in [0.5, 0.6) is 0 Å². The molecule has 0 bridgehead atoms. The number of carbonyl (C=O) groups is 1. The van der Waals surface area contributed by atoms with Crippen LogP contribution < -0.4 is 4.72 Å². The largest absolute Gasteiger partial charge is 0.417 e. The maximum Gasteiger partial charge on any atom is 0.417 e. The fourth-order valence-electron chi connectivity index (χ4n) is 2.63. The molecule has 0 atom stereocenters. The van der Waals surface area contributed by atoms with Gasteiger partial charge in [-0.3, -0.25) is 4.79 Å². The molecule has 0 spiro atoms. The minimum Gasteiger partial charge on any atom is -0.343 e. The zero-order valence-electron chi connectivity index (χ0n) is 13.3. The Bertz CT molecular complexity index is 732. The van der Waals surface area contributed by atoms with Crippen LogP contribution in [0.25, 0.3) is 0 Å². The molecule has 1 aromatic carbocycles. The molecule has 1 heterocycles. The van der Waals surface area contributed by atoms with Crippen molar-refractivity contribution in [1.29, 1.82) is 0 Å². The van der Waals surface area contributed by atoms with Gasteiger partial charge in [-0.1, -0.05) is 11.6 Å². The van der Waals surface area contributed by atoms with Gasteiger partial charge in [-0.2, -0.15) is 13.2 Å². The highest BCUT2D eigenvalue weighted by Crippen LogP contribution is 2.35. The second kappa shape index (κ2) is 7.92. The first-order chi connectivity index (χ1) is 11.6. The molecule has 2 rings (SSSR count). The molecule has 1 saturated heterocycles. The summed E-state index contributed by atoms with van der Waals surface area (Å²) in [6, 6.07) is 2.44. The van der Waals surface area contributed by atoms with E-state index in [2.05, 4.69) is 4.72 Å². The second-order valence-electron chi connectivity index (χ2n) is 5.73. The number of benzene rings is 1. The number of carbonyl (C=O) groups excluding carboxylic acids is 1. The molecule has 1 N–H and O–H groups in total. The van der Waals surface area contributed by atoms with E-state index in [1.165, 1.54) is 0 Å². The molecule has 140 valence electrons. The van der Waals surface area contributed by atoms with Crippen LogP contribution in [0.1, 0.15) is 31.2 Å². The normalized spacial score (nSPS) is 16.1. The average molecular weight is 399 g/mol. The number of rotatable bonds is 5. The molecule has 0 aromatic heterocycles. The maximum atomic E-state index is 13.0. The van der Waals surface area contributed by atoms with Crippen LogP contribution in [0.15, 0.2) is 23.1 Å². The third-order valence-electron chi connectivity index (χ3n) is 3.88. The van der Waals surface area contributed by atoms with Gasteiger partial charge in [-0.05, 0) is 37.5 Å². The van der Waals surface area contributed by atoms with E-state index in [9.17, 15) is 26.4 Å². The predicted molar refractivity (Wildman–Crippen MR) is 86.7 cm³/mol. The SMILES string of the molecule is O=C(CCNS(=O)(=O)c1ccc(Cl)cc1C(F)(F)F)N1CCCCC1. The second-order valence-corrected chi connectivity index (χ2v) is 7.90. The summed E-state index contributed by atoms with van der Waals surface area (Å²) >= 11 is 5.54. The number of nitrogens with zero attached hydrogens (tertiary/aromatic N) is 1. The topological polar surface area (TPSA) is 66.5 Å². The third kappa shape index (κ3) is 5.32. The van der Waals surface area contributed by atoms with Crippen molar-refractivity contribution in [3.8, 4) is 0 Å².